The Bertz CT molecular complexity index is 230. The quantitative estimate of drug-likeness (QED) is 0.665. The fraction of sp³-hybridized carbons (Fsp3) is 0.500. The zero-order valence-corrected chi connectivity index (χ0v) is 7.16. The van der Waals surface area contributed by atoms with E-state index < -0.39 is 0 Å². The molecule has 0 radical (unpaired) electrons. The summed E-state index contributed by atoms with van der Waals surface area (Å²) in [5.74, 6) is 0.0287. The Balaban J connectivity index is 2.30. The maximum atomic E-state index is 11.2. The summed E-state index contributed by atoms with van der Waals surface area (Å²) < 4.78 is 1.36. The van der Waals surface area contributed by atoms with Crippen molar-refractivity contribution in [2.45, 2.75) is 13.3 Å². The van der Waals surface area contributed by atoms with Gasteiger partial charge in [0.05, 0.1) is 0 Å². The second kappa shape index (κ2) is 4.66. The standard InChI is InChI=1S/C8H13N3O/c1-2-9-6-4-8(12)11-7-3-5-10-11/h3,5,7,9H,2,4,6H2,1H3. The summed E-state index contributed by atoms with van der Waals surface area (Å²) in [6.07, 6.45) is 3.76. The molecule has 0 saturated carbocycles. The first-order chi connectivity index (χ1) is 5.84. The van der Waals surface area contributed by atoms with E-state index in [1.807, 2.05) is 6.92 Å². The van der Waals surface area contributed by atoms with Crippen molar-refractivity contribution in [1.82, 2.24) is 15.1 Å². The van der Waals surface area contributed by atoms with Crippen LogP contribution in [-0.2, 0) is 0 Å². The Morgan fingerprint density at radius 1 is 1.67 bits per heavy atom. The summed E-state index contributed by atoms with van der Waals surface area (Å²) in [5, 5.41) is 6.91. The highest BCUT2D eigenvalue weighted by atomic mass is 16.2. The number of rotatable bonds is 4. The van der Waals surface area contributed by atoms with Crippen molar-refractivity contribution in [3.05, 3.63) is 18.5 Å². The van der Waals surface area contributed by atoms with Gasteiger partial charge in [0.1, 0.15) is 0 Å². The van der Waals surface area contributed by atoms with Gasteiger partial charge in [0.15, 0.2) is 0 Å². The smallest absolute Gasteiger partial charge is 0.248 e. The van der Waals surface area contributed by atoms with E-state index in [1.165, 1.54) is 4.68 Å². The van der Waals surface area contributed by atoms with Crippen molar-refractivity contribution in [1.29, 1.82) is 0 Å². The van der Waals surface area contributed by atoms with Crippen LogP contribution in [0, 0.1) is 0 Å². The lowest BCUT2D eigenvalue weighted by molar-refractivity contribution is 0.0887. The number of nitrogens with zero attached hydrogens (tertiary/aromatic N) is 2. The topological polar surface area (TPSA) is 46.9 Å². The van der Waals surface area contributed by atoms with E-state index >= 15 is 0 Å². The molecule has 1 N–H and O–H groups in total. The van der Waals surface area contributed by atoms with Crippen LogP contribution in [0.15, 0.2) is 18.5 Å². The van der Waals surface area contributed by atoms with Crippen LogP contribution in [0.1, 0.15) is 18.1 Å². The van der Waals surface area contributed by atoms with Crippen LogP contribution >= 0.6 is 0 Å². The highest BCUT2D eigenvalue weighted by Crippen LogP contribution is 1.88. The van der Waals surface area contributed by atoms with E-state index in [0.717, 1.165) is 13.1 Å². The minimum Gasteiger partial charge on any atom is -0.316 e. The first-order valence-electron chi connectivity index (χ1n) is 4.08. The molecule has 0 aliphatic carbocycles. The minimum atomic E-state index is 0.0287. The Labute approximate surface area is 71.6 Å². The summed E-state index contributed by atoms with van der Waals surface area (Å²) >= 11 is 0. The lowest BCUT2D eigenvalue weighted by Crippen LogP contribution is -2.21. The molecule has 66 valence electrons. The van der Waals surface area contributed by atoms with Gasteiger partial charge in [-0.1, -0.05) is 6.92 Å². The number of hydrogen-bond acceptors (Lipinski definition) is 3. The largest absolute Gasteiger partial charge is 0.316 e. The molecular weight excluding hydrogens is 154 g/mol. The van der Waals surface area contributed by atoms with Gasteiger partial charge in [0, 0.05) is 25.4 Å². The molecule has 0 unspecified atom stereocenters. The Morgan fingerprint density at radius 3 is 3.08 bits per heavy atom. The van der Waals surface area contributed by atoms with E-state index in [4.69, 9.17) is 0 Å². The first kappa shape index (κ1) is 8.93. The molecule has 0 spiro atoms. The molecule has 0 atom stereocenters. The van der Waals surface area contributed by atoms with Crippen molar-refractivity contribution in [3.8, 4) is 0 Å². The van der Waals surface area contributed by atoms with Crippen LogP contribution in [0.25, 0.3) is 0 Å². The maximum Gasteiger partial charge on any atom is 0.248 e. The summed E-state index contributed by atoms with van der Waals surface area (Å²) in [7, 11) is 0. The van der Waals surface area contributed by atoms with E-state index in [-0.39, 0.29) is 5.91 Å². The lowest BCUT2D eigenvalue weighted by Gasteiger charge is -2.00. The van der Waals surface area contributed by atoms with E-state index in [2.05, 4.69) is 10.4 Å². The molecule has 12 heavy (non-hydrogen) atoms. The molecule has 1 heterocycles. The monoisotopic (exact) mass is 167 g/mol. The fourth-order valence-corrected chi connectivity index (χ4v) is 0.903. The van der Waals surface area contributed by atoms with Gasteiger partial charge in [-0.05, 0) is 12.6 Å². The third-order valence-electron chi connectivity index (χ3n) is 1.53. The van der Waals surface area contributed by atoms with E-state index in [0.29, 0.717) is 6.42 Å². The van der Waals surface area contributed by atoms with Crippen molar-refractivity contribution < 1.29 is 4.79 Å². The fourth-order valence-electron chi connectivity index (χ4n) is 0.903. The number of hydrogen-bond donors (Lipinski definition) is 1. The molecule has 4 heteroatoms. The predicted molar refractivity (Wildman–Crippen MR) is 46.0 cm³/mol. The van der Waals surface area contributed by atoms with Crippen molar-refractivity contribution in [2.24, 2.45) is 0 Å². The molecule has 0 amide bonds. The van der Waals surface area contributed by atoms with Gasteiger partial charge in [-0.2, -0.15) is 5.10 Å². The van der Waals surface area contributed by atoms with Gasteiger partial charge in [-0.25, -0.2) is 4.68 Å². The van der Waals surface area contributed by atoms with Gasteiger partial charge in [0.2, 0.25) is 5.91 Å². The molecule has 1 aromatic rings. The number of carbonyl (C=O) groups is 1. The predicted octanol–water partition coefficient (Wildman–Crippen LogP) is 0.523. The van der Waals surface area contributed by atoms with Crippen LogP contribution in [0.5, 0.6) is 0 Å². The molecule has 0 aliphatic heterocycles. The molecular formula is C8H13N3O. The molecule has 0 bridgehead atoms. The van der Waals surface area contributed by atoms with Gasteiger partial charge in [-0.3, -0.25) is 4.79 Å². The number of carbonyl (C=O) groups excluding carboxylic acids is 1. The van der Waals surface area contributed by atoms with Crippen LogP contribution < -0.4 is 5.32 Å². The molecule has 0 aliphatic rings. The van der Waals surface area contributed by atoms with Gasteiger partial charge in [0.25, 0.3) is 0 Å². The highest BCUT2D eigenvalue weighted by Gasteiger charge is 2.02. The average molecular weight is 167 g/mol. The molecule has 1 rings (SSSR count). The van der Waals surface area contributed by atoms with Gasteiger partial charge < -0.3 is 5.32 Å². The third-order valence-corrected chi connectivity index (χ3v) is 1.53. The van der Waals surface area contributed by atoms with Crippen molar-refractivity contribution >= 4 is 5.91 Å². The number of aromatic nitrogens is 2. The van der Waals surface area contributed by atoms with E-state index in [1.54, 1.807) is 18.5 Å². The van der Waals surface area contributed by atoms with Crippen molar-refractivity contribution in [2.75, 3.05) is 13.1 Å². The van der Waals surface area contributed by atoms with E-state index in [9.17, 15) is 4.79 Å². The van der Waals surface area contributed by atoms with Crippen LogP contribution in [0.3, 0.4) is 0 Å². The average Bonchev–Trinajstić information content (AvgIpc) is 2.56. The summed E-state index contributed by atoms with van der Waals surface area (Å²) in [6, 6.07) is 1.74. The van der Waals surface area contributed by atoms with Crippen LogP contribution in [0.2, 0.25) is 0 Å². The second-order valence-electron chi connectivity index (χ2n) is 2.45. The summed E-state index contributed by atoms with van der Waals surface area (Å²) in [6.45, 7) is 3.62. The highest BCUT2D eigenvalue weighted by molar-refractivity contribution is 5.77. The number of nitrogens with one attached hydrogen (secondary N) is 1. The molecule has 4 nitrogen and oxygen atoms in total. The Hall–Kier alpha value is -1.16. The van der Waals surface area contributed by atoms with Gasteiger partial charge >= 0.3 is 0 Å². The first-order valence-corrected chi connectivity index (χ1v) is 4.08. The van der Waals surface area contributed by atoms with Crippen molar-refractivity contribution in [3.63, 3.8) is 0 Å². The third kappa shape index (κ3) is 2.47. The Kier molecular flexibility index (Phi) is 3.47. The zero-order valence-electron chi connectivity index (χ0n) is 7.16. The molecule has 1 aromatic heterocycles. The normalized spacial score (nSPS) is 10.1. The van der Waals surface area contributed by atoms with Gasteiger partial charge in [-0.15, -0.1) is 0 Å². The molecule has 0 aromatic carbocycles. The Morgan fingerprint density at radius 2 is 2.50 bits per heavy atom. The maximum absolute atomic E-state index is 11.2. The zero-order chi connectivity index (χ0) is 8.81. The second-order valence-corrected chi connectivity index (χ2v) is 2.45. The molecule has 0 fully saturated rings. The van der Waals surface area contributed by atoms with Crippen LogP contribution in [0.4, 0.5) is 0 Å². The molecule has 0 saturated heterocycles. The van der Waals surface area contributed by atoms with Crippen LogP contribution in [-0.4, -0.2) is 28.8 Å². The minimum absolute atomic E-state index is 0.0287. The summed E-state index contributed by atoms with van der Waals surface area (Å²) in [4.78, 5) is 11.2. The summed E-state index contributed by atoms with van der Waals surface area (Å²) in [5.41, 5.74) is 0. The SMILES string of the molecule is CCNCCC(=O)n1cccn1. The lowest BCUT2D eigenvalue weighted by atomic mass is 10.4.